The number of aryl methyl sites for hydroxylation is 1. The fourth-order valence-electron chi connectivity index (χ4n) is 4.46. The molecule has 1 aromatic heterocycles. The third-order valence-corrected chi connectivity index (χ3v) is 7.67. The summed E-state index contributed by atoms with van der Waals surface area (Å²) in [6, 6.07) is 5.82. The maximum absolute atomic E-state index is 12.2. The molecular formula is C18H25N3O4S. The van der Waals surface area contributed by atoms with Gasteiger partial charge in [0.2, 0.25) is 10.0 Å². The molecule has 2 aromatic rings. The number of sulfonamides is 1. The molecule has 1 saturated heterocycles. The molecule has 26 heavy (non-hydrogen) atoms. The van der Waals surface area contributed by atoms with Crippen LogP contribution in [0.4, 0.5) is 0 Å². The van der Waals surface area contributed by atoms with Gasteiger partial charge in [-0.25, -0.2) is 8.42 Å². The van der Waals surface area contributed by atoms with Crippen LogP contribution in [0.15, 0.2) is 18.2 Å². The molecule has 1 atom stereocenters. The van der Waals surface area contributed by atoms with E-state index in [9.17, 15) is 13.5 Å². The predicted octanol–water partition coefficient (Wildman–Crippen LogP) is 0.727. The summed E-state index contributed by atoms with van der Waals surface area (Å²) in [6.45, 7) is 3.29. The van der Waals surface area contributed by atoms with Crippen molar-refractivity contribution in [3.63, 3.8) is 0 Å². The average Bonchev–Trinajstić information content (AvgIpc) is 2.92. The van der Waals surface area contributed by atoms with Crippen LogP contribution < -0.4 is 10.1 Å². The third-order valence-electron chi connectivity index (χ3n) is 5.90. The van der Waals surface area contributed by atoms with Crippen molar-refractivity contribution in [3.8, 4) is 5.75 Å². The minimum Gasteiger partial charge on any atom is -0.497 e. The van der Waals surface area contributed by atoms with Crippen LogP contribution in [-0.2, 0) is 22.5 Å². The lowest BCUT2D eigenvalue weighted by molar-refractivity contribution is 0.121. The van der Waals surface area contributed by atoms with E-state index >= 15 is 0 Å². The van der Waals surface area contributed by atoms with Crippen molar-refractivity contribution in [2.45, 2.75) is 18.4 Å². The number of nitrogens with one attached hydrogen (secondary N) is 1. The molecule has 142 valence electrons. The Balaban J connectivity index is 1.87. The molecule has 1 fully saturated rings. The van der Waals surface area contributed by atoms with E-state index < -0.39 is 10.0 Å². The van der Waals surface area contributed by atoms with Gasteiger partial charge in [-0.05, 0) is 24.6 Å². The highest BCUT2D eigenvalue weighted by Gasteiger charge is 2.53. The van der Waals surface area contributed by atoms with Crippen molar-refractivity contribution in [2.75, 3.05) is 39.1 Å². The lowest BCUT2D eigenvalue weighted by Crippen LogP contribution is -2.67. The Hall–Kier alpha value is -1.61. The normalized spacial score (nSPS) is 22.4. The molecule has 0 amide bonds. The van der Waals surface area contributed by atoms with Gasteiger partial charge in [-0.3, -0.25) is 0 Å². The van der Waals surface area contributed by atoms with Gasteiger partial charge in [-0.15, -0.1) is 0 Å². The van der Waals surface area contributed by atoms with Gasteiger partial charge < -0.3 is 19.7 Å². The molecule has 3 heterocycles. The molecule has 0 saturated carbocycles. The maximum atomic E-state index is 12.2. The monoisotopic (exact) mass is 379 g/mol. The van der Waals surface area contributed by atoms with Crippen molar-refractivity contribution >= 4 is 20.9 Å². The average molecular weight is 379 g/mol. The first-order chi connectivity index (χ1) is 12.4. The minimum absolute atomic E-state index is 0.00134. The topological polar surface area (TPSA) is 83.8 Å². The molecule has 0 radical (unpaired) electrons. The lowest BCUT2D eigenvalue weighted by Gasteiger charge is -2.52. The fourth-order valence-corrected chi connectivity index (χ4v) is 5.71. The predicted molar refractivity (Wildman–Crippen MR) is 100 cm³/mol. The molecule has 0 unspecified atom stereocenters. The fraction of sp³-hybridized carbons (Fsp3) is 0.556. The minimum atomic E-state index is -3.19. The van der Waals surface area contributed by atoms with Gasteiger partial charge >= 0.3 is 0 Å². The molecule has 2 aliphatic heterocycles. The number of aliphatic hydroxyl groups is 1. The van der Waals surface area contributed by atoms with E-state index in [1.54, 1.807) is 18.3 Å². The number of rotatable bonds is 4. The molecule has 4 rings (SSSR count). The van der Waals surface area contributed by atoms with E-state index in [1.165, 1.54) is 0 Å². The first-order valence-corrected chi connectivity index (χ1v) is 10.5. The number of nitrogens with zero attached hydrogens (tertiary/aromatic N) is 2. The molecule has 8 heteroatoms. The maximum Gasteiger partial charge on any atom is 0.213 e. The Kier molecular flexibility index (Phi) is 4.07. The molecule has 7 nitrogen and oxygen atoms in total. The Labute approximate surface area is 153 Å². The lowest BCUT2D eigenvalue weighted by atomic mass is 9.70. The molecule has 0 bridgehead atoms. The molecule has 1 aromatic carbocycles. The van der Waals surface area contributed by atoms with Gasteiger partial charge in [-0.1, -0.05) is 0 Å². The SMILES string of the molecule is CCS(=O)(=O)N1CC2(CN[C@H](CO)c3c2c2ccc(OC)cc2n3C)C1. The van der Waals surface area contributed by atoms with Crippen LogP contribution in [-0.4, -0.2) is 61.5 Å². The first-order valence-electron chi connectivity index (χ1n) is 8.86. The summed E-state index contributed by atoms with van der Waals surface area (Å²) in [7, 11) is 0.445. The van der Waals surface area contributed by atoms with E-state index in [0.717, 1.165) is 27.9 Å². The highest BCUT2D eigenvalue weighted by Crippen LogP contribution is 2.47. The quantitative estimate of drug-likeness (QED) is 0.818. The van der Waals surface area contributed by atoms with Crippen molar-refractivity contribution < 1.29 is 18.3 Å². The number of aliphatic hydroxyl groups excluding tert-OH is 1. The Morgan fingerprint density at radius 2 is 2.12 bits per heavy atom. The third kappa shape index (κ3) is 2.32. The smallest absolute Gasteiger partial charge is 0.213 e. The Bertz CT molecular complexity index is 960. The highest BCUT2D eigenvalue weighted by molar-refractivity contribution is 7.89. The zero-order chi connectivity index (χ0) is 18.7. The van der Waals surface area contributed by atoms with Crippen LogP contribution in [0.2, 0.25) is 0 Å². The summed E-state index contributed by atoms with van der Waals surface area (Å²) in [6.07, 6.45) is 0. The highest BCUT2D eigenvalue weighted by atomic mass is 32.2. The van der Waals surface area contributed by atoms with Gasteiger partial charge in [0, 0.05) is 49.2 Å². The van der Waals surface area contributed by atoms with E-state index in [-0.39, 0.29) is 23.8 Å². The second kappa shape index (κ2) is 5.95. The number of aromatic nitrogens is 1. The van der Waals surface area contributed by atoms with Crippen LogP contribution in [0.1, 0.15) is 24.2 Å². The standard InChI is InChI=1S/C18H25N3O4S/c1-4-26(23,24)21-10-18(11-21)9-19-14(8-22)17-16(18)13-6-5-12(25-3)7-15(13)20(17)2/h5-7,14,19,22H,4,8-11H2,1-3H3/t14-/m1/s1. The number of ether oxygens (including phenoxy) is 1. The zero-order valence-corrected chi connectivity index (χ0v) is 16.1. The van der Waals surface area contributed by atoms with Gasteiger partial charge in [-0.2, -0.15) is 4.31 Å². The number of hydrogen-bond donors (Lipinski definition) is 2. The van der Waals surface area contributed by atoms with Gasteiger partial charge in [0.25, 0.3) is 0 Å². The molecule has 0 aliphatic carbocycles. The van der Waals surface area contributed by atoms with Crippen molar-refractivity contribution in [1.29, 1.82) is 0 Å². The summed E-state index contributed by atoms with van der Waals surface area (Å²) in [4.78, 5) is 0. The largest absolute Gasteiger partial charge is 0.497 e. The van der Waals surface area contributed by atoms with E-state index in [4.69, 9.17) is 4.74 Å². The summed E-state index contributed by atoms with van der Waals surface area (Å²) < 4.78 is 33.5. The molecule has 1 spiro atoms. The van der Waals surface area contributed by atoms with Gasteiger partial charge in [0.1, 0.15) is 5.75 Å². The van der Waals surface area contributed by atoms with Crippen LogP contribution in [0.5, 0.6) is 5.75 Å². The summed E-state index contributed by atoms with van der Waals surface area (Å²) in [5, 5.41) is 14.4. The van der Waals surface area contributed by atoms with Crippen molar-refractivity contribution in [2.24, 2.45) is 7.05 Å². The molecule has 2 N–H and O–H groups in total. The van der Waals surface area contributed by atoms with Crippen LogP contribution >= 0.6 is 0 Å². The molecule has 2 aliphatic rings. The van der Waals surface area contributed by atoms with Crippen LogP contribution in [0, 0.1) is 0 Å². The van der Waals surface area contributed by atoms with E-state index in [0.29, 0.717) is 19.6 Å². The van der Waals surface area contributed by atoms with Crippen LogP contribution in [0.25, 0.3) is 10.9 Å². The Morgan fingerprint density at radius 1 is 1.38 bits per heavy atom. The molecular weight excluding hydrogens is 354 g/mol. The van der Waals surface area contributed by atoms with Gasteiger partial charge in [0.05, 0.1) is 31.0 Å². The zero-order valence-electron chi connectivity index (χ0n) is 15.3. The van der Waals surface area contributed by atoms with E-state index in [2.05, 4.69) is 9.88 Å². The number of hydrogen-bond acceptors (Lipinski definition) is 5. The van der Waals surface area contributed by atoms with Crippen LogP contribution in [0.3, 0.4) is 0 Å². The summed E-state index contributed by atoms with van der Waals surface area (Å²) in [5.41, 5.74) is 2.98. The second-order valence-electron chi connectivity index (χ2n) is 7.27. The number of benzene rings is 1. The summed E-state index contributed by atoms with van der Waals surface area (Å²) in [5.74, 6) is 0.900. The number of fused-ring (bicyclic) bond motifs is 4. The second-order valence-corrected chi connectivity index (χ2v) is 9.52. The number of methoxy groups -OCH3 is 1. The van der Waals surface area contributed by atoms with Crippen molar-refractivity contribution in [3.05, 3.63) is 29.5 Å². The van der Waals surface area contributed by atoms with Crippen molar-refractivity contribution in [1.82, 2.24) is 14.2 Å². The first kappa shape index (κ1) is 17.8. The van der Waals surface area contributed by atoms with E-state index in [1.807, 2.05) is 25.2 Å². The van der Waals surface area contributed by atoms with Gasteiger partial charge in [0.15, 0.2) is 0 Å². The summed E-state index contributed by atoms with van der Waals surface area (Å²) >= 11 is 0. The Morgan fingerprint density at radius 3 is 2.73 bits per heavy atom.